The number of aromatic nitrogens is 2. The van der Waals surface area contributed by atoms with Crippen molar-refractivity contribution in [1.29, 1.82) is 5.26 Å². The zero-order valence-corrected chi connectivity index (χ0v) is 19.5. The molecule has 2 fully saturated rings. The Morgan fingerprint density at radius 1 is 1.24 bits per heavy atom. The molecule has 172 valence electrons. The van der Waals surface area contributed by atoms with Crippen molar-refractivity contribution >= 4 is 6.09 Å². The molecule has 1 aliphatic carbocycles. The van der Waals surface area contributed by atoms with Gasteiger partial charge in [0.1, 0.15) is 6.07 Å². The van der Waals surface area contributed by atoms with E-state index in [4.69, 9.17) is 10.00 Å². The van der Waals surface area contributed by atoms with Crippen molar-refractivity contribution in [3.05, 3.63) is 47.4 Å². The third-order valence-corrected chi connectivity index (χ3v) is 7.39. The van der Waals surface area contributed by atoms with E-state index in [1.807, 2.05) is 11.0 Å². The Hall–Kier alpha value is -2.98. The standard InChI is InChI=1S/C26H31N5O2/c1-18(2)15-33-25(32)30-9-7-26(8-10-30)16-31(17-26)24-6-4-19-11-20(3-5-22(19)24)23-14-28-21(12-27)13-29-23/h3,5,11,13-14,18,24H,4,6-10,15-17H2,1-2H3/t24-/m1/s1. The molecule has 3 heterocycles. The lowest BCUT2D eigenvalue weighted by Crippen LogP contribution is -2.61. The van der Waals surface area contributed by atoms with Crippen LogP contribution in [0, 0.1) is 22.7 Å². The van der Waals surface area contributed by atoms with Gasteiger partial charge >= 0.3 is 6.09 Å². The summed E-state index contributed by atoms with van der Waals surface area (Å²) in [6, 6.07) is 9.12. The van der Waals surface area contributed by atoms with E-state index in [1.165, 1.54) is 17.3 Å². The highest BCUT2D eigenvalue weighted by Gasteiger charge is 2.48. The maximum absolute atomic E-state index is 12.3. The van der Waals surface area contributed by atoms with E-state index in [0.29, 0.717) is 29.7 Å². The highest BCUT2D eigenvalue weighted by molar-refractivity contribution is 5.67. The third kappa shape index (κ3) is 4.32. The minimum absolute atomic E-state index is 0.151. The smallest absolute Gasteiger partial charge is 0.409 e. The van der Waals surface area contributed by atoms with Gasteiger partial charge in [-0.15, -0.1) is 0 Å². The number of likely N-dealkylation sites (tertiary alicyclic amines) is 2. The van der Waals surface area contributed by atoms with Crippen LogP contribution in [0.5, 0.6) is 0 Å². The van der Waals surface area contributed by atoms with Crippen LogP contribution in [0.3, 0.4) is 0 Å². The van der Waals surface area contributed by atoms with Crippen molar-refractivity contribution in [2.45, 2.75) is 45.6 Å². The molecule has 0 bridgehead atoms. The number of rotatable bonds is 4. The number of piperidine rings is 1. The van der Waals surface area contributed by atoms with E-state index in [0.717, 1.165) is 63.1 Å². The Labute approximate surface area is 195 Å². The van der Waals surface area contributed by atoms with Crippen molar-refractivity contribution < 1.29 is 9.53 Å². The molecule has 2 aromatic rings. The minimum Gasteiger partial charge on any atom is -0.449 e. The fourth-order valence-corrected chi connectivity index (χ4v) is 5.51. The quantitative estimate of drug-likeness (QED) is 0.702. The number of benzene rings is 1. The van der Waals surface area contributed by atoms with Crippen molar-refractivity contribution in [2.75, 3.05) is 32.8 Å². The molecular weight excluding hydrogens is 414 g/mol. The molecule has 1 atom stereocenters. The van der Waals surface area contributed by atoms with E-state index in [1.54, 1.807) is 6.20 Å². The minimum atomic E-state index is -0.151. The molecule has 33 heavy (non-hydrogen) atoms. The van der Waals surface area contributed by atoms with Gasteiger partial charge in [-0.25, -0.2) is 9.78 Å². The zero-order valence-electron chi connectivity index (χ0n) is 19.5. The van der Waals surface area contributed by atoms with Crippen LogP contribution in [0.1, 0.15) is 56.0 Å². The molecule has 0 saturated carbocycles. The number of carbonyl (C=O) groups is 1. The van der Waals surface area contributed by atoms with Crippen LogP contribution in [0.2, 0.25) is 0 Å². The first-order valence-corrected chi connectivity index (χ1v) is 12.0. The molecule has 1 aromatic heterocycles. The molecule has 0 radical (unpaired) electrons. The maximum Gasteiger partial charge on any atom is 0.409 e. The Bertz CT molecular complexity index is 1060. The Balaban J connectivity index is 1.18. The van der Waals surface area contributed by atoms with Crippen LogP contribution < -0.4 is 0 Å². The summed E-state index contributed by atoms with van der Waals surface area (Å²) in [5, 5.41) is 8.92. The van der Waals surface area contributed by atoms with Gasteiger partial charge in [-0.05, 0) is 54.2 Å². The van der Waals surface area contributed by atoms with Gasteiger partial charge in [-0.3, -0.25) is 9.88 Å². The molecule has 3 aliphatic rings. The maximum atomic E-state index is 12.3. The van der Waals surface area contributed by atoms with Gasteiger partial charge in [0.15, 0.2) is 5.69 Å². The fraction of sp³-hybridized carbons (Fsp3) is 0.538. The van der Waals surface area contributed by atoms with Crippen molar-refractivity contribution in [2.24, 2.45) is 11.3 Å². The number of nitriles is 1. The molecule has 2 aliphatic heterocycles. The molecular formula is C26H31N5O2. The highest BCUT2D eigenvalue weighted by atomic mass is 16.6. The van der Waals surface area contributed by atoms with Crippen molar-refractivity contribution in [3.63, 3.8) is 0 Å². The summed E-state index contributed by atoms with van der Waals surface area (Å²) < 4.78 is 5.41. The summed E-state index contributed by atoms with van der Waals surface area (Å²) in [7, 11) is 0. The first-order valence-electron chi connectivity index (χ1n) is 12.0. The highest BCUT2D eigenvalue weighted by Crippen LogP contribution is 2.48. The second kappa shape index (κ2) is 8.75. The second-order valence-corrected chi connectivity index (χ2v) is 10.2. The molecule has 1 aromatic carbocycles. The van der Waals surface area contributed by atoms with E-state index >= 15 is 0 Å². The molecule has 1 amide bonds. The molecule has 2 saturated heterocycles. The molecule has 1 spiro atoms. The normalized spacial score (nSPS) is 21.5. The number of carbonyl (C=O) groups excluding carboxylic acids is 1. The Morgan fingerprint density at radius 2 is 2.03 bits per heavy atom. The first-order chi connectivity index (χ1) is 16.0. The summed E-state index contributed by atoms with van der Waals surface area (Å²) in [6.45, 7) is 8.47. The summed E-state index contributed by atoms with van der Waals surface area (Å²) in [6.07, 6.45) is 7.42. The number of amides is 1. The molecule has 0 unspecified atom stereocenters. The predicted molar refractivity (Wildman–Crippen MR) is 124 cm³/mol. The number of hydrogen-bond acceptors (Lipinski definition) is 6. The molecule has 7 nitrogen and oxygen atoms in total. The first kappa shape index (κ1) is 21.8. The van der Waals surface area contributed by atoms with Gasteiger partial charge in [0, 0.05) is 37.8 Å². The van der Waals surface area contributed by atoms with Crippen LogP contribution in [0.25, 0.3) is 11.3 Å². The van der Waals surface area contributed by atoms with Gasteiger partial charge in [0.25, 0.3) is 0 Å². The van der Waals surface area contributed by atoms with Gasteiger partial charge in [-0.2, -0.15) is 5.26 Å². The molecule has 0 N–H and O–H groups in total. The van der Waals surface area contributed by atoms with Gasteiger partial charge in [0.05, 0.1) is 24.7 Å². The number of fused-ring (bicyclic) bond motifs is 1. The van der Waals surface area contributed by atoms with Gasteiger partial charge in [0.2, 0.25) is 0 Å². The lowest BCUT2D eigenvalue weighted by molar-refractivity contribution is -0.0681. The topological polar surface area (TPSA) is 82.4 Å². The van der Waals surface area contributed by atoms with Gasteiger partial charge < -0.3 is 9.64 Å². The lowest BCUT2D eigenvalue weighted by atomic mass is 9.71. The molecule has 7 heteroatoms. The number of hydrogen-bond donors (Lipinski definition) is 0. The SMILES string of the molecule is CC(C)COC(=O)N1CCC2(CC1)CN([C@@H]1CCc3cc(-c4cnc(C#N)cn4)ccc31)C2. The monoisotopic (exact) mass is 445 g/mol. The third-order valence-electron chi connectivity index (χ3n) is 7.39. The average molecular weight is 446 g/mol. The van der Waals surface area contributed by atoms with Crippen LogP contribution in [0.4, 0.5) is 4.79 Å². The number of ether oxygens (including phenoxy) is 1. The van der Waals surface area contributed by atoms with E-state index in [9.17, 15) is 4.79 Å². The number of nitrogens with zero attached hydrogens (tertiary/aromatic N) is 5. The predicted octanol–water partition coefficient (Wildman–Crippen LogP) is 4.19. The summed E-state index contributed by atoms with van der Waals surface area (Å²) in [5.41, 5.74) is 5.39. The summed E-state index contributed by atoms with van der Waals surface area (Å²) >= 11 is 0. The van der Waals surface area contributed by atoms with E-state index < -0.39 is 0 Å². The largest absolute Gasteiger partial charge is 0.449 e. The van der Waals surface area contributed by atoms with E-state index in [2.05, 4.69) is 46.9 Å². The van der Waals surface area contributed by atoms with Crippen LogP contribution in [-0.2, 0) is 11.2 Å². The van der Waals surface area contributed by atoms with Crippen molar-refractivity contribution in [1.82, 2.24) is 19.8 Å². The van der Waals surface area contributed by atoms with E-state index in [-0.39, 0.29) is 6.09 Å². The Kier molecular flexibility index (Phi) is 5.79. The lowest BCUT2D eigenvalue weighted by Gasteiger charge is -2.56. The summed E-state index contributed by atoms with van der Waals surface area (Å²) in [5.74, 6) is 0.368. The van der Waals surface area contributed by atoms with Crippen LogP contribution in [0.15, 0.2) is 30.6 Å². The zero-order chi connectivity index (χ0) is 23.0. The fourth-order valence-electron chi connectivity index (χ4n) is 5.51. The number of aryl methyl sites for hydroxylation is 1. The summed E-state index contributed by atoms with van der Waals surface area (Å²) in [4.78, 5) is 25.3. The second-order valence-electron chi connectivity index (χ2n) is 10.2. The Morgan fingerprint density at radius 3 is 2.70 bits per heavy atom. The molecule has 5 rings (SSSR count). The average Bonchev–Trinajstić information content (AvgIpc) is 3.24. The van der Waals surface area contributed by atoms with Crippen LogP contribution in [-0.4, -0.2) is 58.6 Å². The van der Waals surface area contributed by atoms with Crippen LogP contribution >= 0.6 is 0 Å². The van der Waals surface area contributed by atoms with Crippen molar-refractivity contribution in [3.8, 4) is 17.3 Å². The van der Waals surface area contributed by atoms with Gasteiger partial charge in [-0.1, -0.05) is 26.0 Å².